The molecule has 7 N–H and O–H groups in total. The van der Waals surface area contributed by atoms with Crippen molar-refractivity contribution in [3.63, 3.8) is 0 Å². The Kier molecular flexibility index (Phi) is 7.35. The first-order valence-corrected chi connectivity index (χ1v) is 13.7. The summed E-state index contributed by atoms with van der Waals surface area (Å²) in [5, 5.41) is 21.6. The van der Waals surface area contributed by atoms with Gasteiger partial charge in [-0.15, -0.1) is 6.42 Å². The van der Waals surface area contributed by atoms with E-state index in [2.05, 4.69) is 28.1 Å². The van der Waals surface area contributed by atoms with Crippen molar-refractivity contribution in [2.45, 2.75) is 44.0 Å². The quantitative estimate of drug-likeness (QED) is 0.147. The van der Waals surface area contributed by atoms with Crippen molar-refractivity contribution in [2.24, 2.45) is 0 Å². The third-order valence-electron chi connectivity index (χ3n) is 4.64. The van der Waals surface area contributed by atoms with Crippen molar-refractivity contribution in [3.05, 3.63) is 22.5 Å². The van der Waals surface area contributed by atoms with E-state index in [4.69, 9.17) is 20.9 Å². The molecule has 18 nitrogen and oxygen atoms in total. The molecule has 0 spiro atoms. The number of nitrogens with zero attached hydrogens (tertiary/aromatic N) is 3. The van der Waals surface area contributed by atoms with Crippen LogP contribution in [0.4, 0.5) is 0 Å². The smallest absolute Gasteiger partial charge is 0.386 e. The summed E-state index contributed by atoms with van der Waals surface area (Å²) in [5.41, 5.74) is -3.38. The number of phosphoric ester groups is 1. The van der Waals surface area contributed by atoms with E-state index in [9.17, 15) is 38.5 Å². The Balaban J connectivity index is 1.89. The second kappa shape index (κ2) is 9.25. The van der Waals surface area contributed by atoms with Crippen LogP contribution >= 0.6 is 23.5 Å². The number of hydrogen-bond acceptors (Lipinski definition) is 12. The summed E-state index contributed by atoms with van der Waals surface area (Å²) >= 11 is 0. The van der Waals surface area contributed by atoms with E-state index in [0.717, 1.165) is 17.8 Å². The molecular formula is C14H19N4O14P3. The maximum Gasteiger partial charge on any atom is 0.490 e. The number of imidazole rings is 1. The number of aliphatic hydroxyl groups is 2. The van der Waals surface area contributed by atoms with E-state index >= 15 is 0 Å². The number of aliphatic hydroxyl groups excluding tert-OH is 1. The minimum absolute atomic E-state index is 0.0849. The highest BCUT2D eigenvalue weighted by Crippen LogP contribution is 2.66. The Morgan fingerprint density at radius 1 is 1.26 bits per heavy atom. The maximum absolute atomic E-state index is 12.1. The summed E-state index contributed by atoms with van der Waals surface area (Å²) in [6.45, 7) is 2.48. The lowest BCUT2D eigenvalue weighted by Crippen LogP contribution is -2.47. The molecule has 0 radical (unpaired) electrons. The van der Waals surface area contributed by atoms with Gasteiger partial charge in [-0.1, -0.05) is 5.92 Å². The van der Waals surface area contributed by atoms with Crippen LogP contribution in [0.1, 0.15) is 19.0 Å². The lowest BCUT2D eigenvalue weighted by atomic mass is 9.93. The Bertz CT molecular complexity index is 1380. The first-order chi connectivity index (χ1) is 15.9. The number of ether oxygens (including phenoxy) is 1. The van der Waals surface area contributed by atoms with Crippen LogP contribution in [0.3, 0.4) is 0 Å². The number of hydrogen-bond donors (Lipinski definition) is 7. The highest BCUT2D eigenvalue weighted by molar-refractivity contribution is 7.66. The molecule has 3 unspecified atom stereocenters. The molecule has 1 aliphatic rings. The number of fused-ring (bicyclic) bond motifs is 1. The molecule has 1 fully saturated rings. The fraction of sp³-hybridized carbons (Fsp3) is 0.500. The highest BCUT2D eigenvalue weighted by Gasteiger charge is 2.58. The summed E-state index contributed by atoms with van der Waals surface area (Å²) in [6.07, 6.45) is -0.643. The number of aryl methyl sites for hydroxylation is 1. The van der Waals surface area contributed by atoms with E-state index in [-0.39, 0.29) is 17.0 Å². The molecule has 194 valence electrons. The standard InChI is InChI=1S/C14H19N4O14P3/c1-4-14(21)10(19)9(6(2)30-34(25,26)32-35(27,28)31-33(22,23)24)29-13(14)18-5-15-8-11(18)16-7(3)17-12(8)20/h1,5-6,9-10,13,19,21H,2-3H3,(H,25,26)(H,27,28)(H,16,17,20)(H2,22,23,24)/t6-,9+,10-,13+,14?/m0/s1. The van der Waals surface area contributed by atoms with Gasteiger partial charge in [0, 0.05) is 0 Å². The average molecular weight is 560 g/mol. The minimum atomic E-state index is -5.80. The van der Waals surface area contributed by atoms with E-state index < -0.39 is 59.2 Å². The van der Waals surface area contributed by atoms with Crippen molar-refractivity contribution in [1.82, 2.24) is 19.5 Å². The molecule has 35 heavy (non-hydrogen) atoms. The molecule has 2 aromatic rings. The largest absolute Gasteiger partial charge is 0.490 e. The molecule has 7 atom stereocenters. The van der Waals surface area contributed by atoms with Crippen molar-refractivity contribution in [2.75, 3.05) is 0 Å². The monoisotopic (exact) mass is 560 g/mol. The van der Waals surface area contributed by atoms with Gasteiger partial charge in [-0.25, -0.2) is 23.7 Å². The fourth-order valence-corrected chi connectivity index (χ4v) is 6.50. The molecule has 0 aliphatic carbocycles. The van der Waals surface area contributed by atoms with Gasteiger partial charge in [-0.2, -0.15) is 8.62 Å². The van der Waals surface area contributed by atoms with Gasteiger partial charge < -0.3 is 39.5 Å². The Morgan fingerprint density at radius 3 is 2.46 bits per heavy atom. The Morgan fingerprint density at radius 2 is 1.89 bits per heavy atom. The van der Waals surface area contributed by atoms with Gasteiger partial charge in [-0.3, -0.25) is 13.9 Å². The Labute approximate surface area is 194 Å². The van der Waals surface area contributed by atoms with Crippen LogP contribution in [0.25, 0.3) is 11.2 Å². The zero-order chi connectivity index (χ0) is 26.6. The molecule has 3 heterocycles. The predicted molar refractivity (Wildman–Crippen MR) is 111 cm³/mol. The number of phosphoric acid groups is 3. The van der Waals surface area contributed by atoms with E-state index in [1.54, 1.807) is 0 Å². The lowest BCUT2D eigenvalue weighted by molar-refractivity contribution is -0.0831. The summed E-state index contributed by atoms with van der Waals surface area (Å²) in [4.78, 5) is 58.7. The van der Waals surface area contributed by atoms with Gasteiger partial charge in [0.25, 0.3) is 5.56 Å². The molecule has 2 aromatic heterocycles. The van der Waals surface area contributed by atoms with Crippen molar-refractivity contribution >= 4 is 34.6 Å². The third-order valence-corrected chi connectivity index (χ3v) is 8.56. The molecule has 1 aliphatic heterocycles. The molecule has 1 saturated heterocycles. The number of rotatable bonds is 8. The normalized spacial score (nSPS) is 29.4. The predicted octanol–water partition coefficient (Wildman–Crippen LogP) is -1.22. The minimum Gasteiger partial charge on any atom is -0.386 e. The summed E-state index contributed by atoms with van der Waals surface area (Å²) in [6, 6.07) is 0. The number of nitrogens with one attached hydrogen (secondary N) is 1. The first-order valence-electron chi connectivity index (χ1n) is 9.18. The topological polar surface area (TPSA) is 273 Å². The SMILES string of the molecule is C#CC1(O)[C@@H](O)[C@@H]([C@H](C)OP(=O)(O)OP(=O)(O)OP(=O)(O)O)O[C@H]1n1cnc2c(=O)[nH]c(C)nc21. The first kappa shape index (κ1) is 27.8. The van der Waals surface area contributed by atoms with Crippen LogP contribution in [0.2, 0.25) is 0 Å². The number of terminal acetylenes is 1. The van der Waals surface area contributed by atoms with Gasteiger partial charge in [-0.05, 0) is 13.8 Å². The third kappa shape index (κ3) is 5.79. The van der Waals surface area contributed by atoms with Crippen LogP contribution in [-0.2, 0) is 31.6 Å². The van der Waals surface area contributed by atoms with E-state index in [0.29, 0.717) is 0 Å². The van der Waals surface area contributed by atoms with Crippen molar-refractivity contribution < 1.29 is 61.4 Å². The van der Waals surface area contributed by atoms with Gasteiger partial charge in [0.1, 0.15) is 18.0 Å². The average Bonchev–Trinajstić information content (AvgIpc) is 3.18. The summed E-state index contributed by atoms with van der Waals surface area (Å²) in [5.74, 6) is 2.11. The zero-order valence-corrected chi connectivity index (χ0v) is 20.3. The van der Waals surface area contributed by atoms with Gasteiger partial charge in [0.15, 0.2) is 23.0 Å². The molecule has 0 saturated carbocycles. The number of aromatic nitrogens is 4. The van der Waals surface area contributed by atoms with Crippen LogP contribution in [0.5, 0.6) is 0 Å². The van der Waals surface area contributed by atoms with Crippen LogP contribution in [-0.4, -0.2) is 73.2 Å². The van der Waals surface area contributed by atoms with Crippen molar-refractivity contribution in [1.29, 1.82) is 0 Å². The highest BCUT2D eigenvalue weighted by atomic mass is 31.3. The second-order valence-corrected chi connectivity index (χ2v) is 11.6. The van der Waals surface area contributed by atoms with E-state index in [1.807, 2.05) is 5.92 Å². The van der Waals surface area contributed by atoms with Gasteiger partial charge >= 0.3 is 23.5 Å². The zero-order valence-electron chi connectivity index (χ0n) is 17.6. The van der Waals surface area contributed by atoms with Gasteiger partial charge in [0.05, 0.1) is 12.4 Å². The van der Waals surface area contributed by atoms with E-state index in [1.165, 1.54) is 6.92 Å². The summed E-state index contributed by atoms with van der Waals surface area (Å²) in [7, 11) is -17.0. The van der Waals surface area contributed by atoms with Gasteiger partial charge in [0.2, 0.25) is 0 Å². The summed E-state index contributed by atoms with van der Waals surface area (Å²) < 4.78 is 52.9. The lowest BCUT2D eigenvalue weighted by Gasteiger charge is -2.27. The molecule has 0 amide bonds. The molecule has 21 heteroatoms. The Hall–Kier alpha value is -1.80. The van der Waals surface area contributed by atoms with Crippen molar-refractivity contribution in [3.8, 4) is 12.3 Å². The fourth-order valence-electron chi connectivity index (χ4n) is 3.30. The molecule has 0 aromatic carbocycles. The maximum atomic E-state index is 12.1. The second-order valence-electron chi connectivity index (χ2n) is 7.24. The molecule has 3 rings (SSSR count). The van der Waals surface area contributed by atoms with Crippen LogP contribution in [0, 0.1) is 19.3 Å². The van der Waals surface area contributed by atoms with Crippen LogP contribution < -0.4 is 5.56 Å². The number of H-pyrrole nitrogens is 1. The number of aromatic amines is 1. The van der Waals surface area contributed by atoms with Crippen LogP contribution in [0.15, 0.2) is 11.1 Å². The molecular weight excluding hydrogens is 541 g/mol. The molecule has 0 bridgehead atoms.